The molecule has 0 spiro atoms. The summed E-state index contributed by atoms with van der Waals surface area (Å²) in [5, 5.41) is 3.21. The van der Waals surface area contributed by atoms with Crippen molar-refractivity contribution in [3.63, 3.8) is 0 Å². The van der Waals surface area contributed by atoms with Gasteiger partial charge in [0.1, 0.15) is 0 Å². The van der Waals surface area contributed by atoms with Crippen molar-refractivity contribution >= 4 is 23.5 Å². The van der Waals surface area contributed by atoms with Crippen LogP contribution >= 0.6 is 11.6 Å². The van der Waals surface area contributed by atoms with Crippen LogP contribution in [0.25, 0.3) is 0 Å². The Morgan fingerprint density at radius 2 is 1.92 bits per heavy atom. The number of hydrogen-bond acceptors (Lipinski definition) is 5. The van der Waals surface area contributed by atoms with Crippen molar-refractivity contribution in [2.24, 2.45) is 0 Å². The van der Waals surface area contributed by atoms with Gasteiger partial charge in [-0.2, -0.15) is 0 Å². The van der Waals surface area contributed by atoms with Gasteiger partial charge in [-0.3, -0.25) is 4.79 Å². The lowest BCUT2D eigenvalue weighted by Crippen LogP contribution is -2.28. The van der Waals surface area contributed by atoms with Gasteiger partial charge in [0.15, 0.2) is 18.1 Å². The maximum atomic E-state index is 12.0. The third-order valence-corrected chi connectivity index (χ3v) is 3.75. The molecule has 0 unspecified atom stereocenters. The lowest BCUT2D eigenvalue weighted by molar-refractivity contribution is -0.124. The summed E-state index contributed by atoms with van der Waals surface area (Å²) in [6.07, 6.45) is 0. The average molecular weight is 348 g/mol. The summed E-state index contributed by atoms with van der Waals surface area (Å²) >= 11 is 6.00. The second-order valence-corrected chi connectivity index (χ2v) is 5.42. The molecule has 1 aliphatic rings. The van der Waals surface area contributed by atoms with Gasteiger partial charge in [-0.15, -0.1) is 0 Å². The highest BCUT2D eigenvalue weighted by Gasteiger charge is 2.17. The molecule has 0 radical (unpaired) electrons. The van der Waals surface area contributed by atoms with Crippen molar-refractivity contribution in [2.45, 2.75) is 6.54 Å². The first-order valence-electron chi connectivity index (χ1n) is 7.20. The minimum Gasteiger partial charge on any atom is -0.454 e. The van der Waals surface area contributed by atoms with Gasteiger partial charge in [-0.1, -0.05) is 29.8 Å². The Labute approximate surface area is 143 Å². The number of nitrogens with one attached hydrogen (secondary N) is 1. The van der Waals surface area contributed by atoms with Crippen LogP contribution in [-0.4, -0.2) is 25.3 Å². The van der Waals surface area contributed by atoms with Crippen LogP contribution in [0.4, 0.5) is 0 Å². The molecule has 1 N–H and O–H groups in total. The summed E-state index contributed by atoms with van der Waals surface area (Å²) < 4.78 is 15.3. The number of esters is 1. The molecule has 24 heavy (non-hydrogen) atoms. The SMILES string of the molecule is O=C(COC(=O)c1ccc2c(c1)OCO2)NCc1ccccc1Cl. The maximum Gasteiger partial charge on any atom is 0.338 e. The van der Waals surface area contributed by atoms with Crippen LogP contribution in [0.2, 0.25) is 5.02 Å². The Morgan fingerprint density at radius 3 is 2.75 bits per heavy atom. The molecular formula is C17H14ClNO5. The van der Waals surface area contributed by atoms with Crippen LogP contribution in [0.5, 0.6) is 11.5 Å². The number of carbonyl (C=O) groups excluding carboxylic acids is 2. The predicted molar refractivity (Wildman–Crippen MR) is 86.1 cm³/mol. The molecule has 3 rings (SSSR count). The first-order chi connectivity index (χ1) is 11.6. The van der Waals surface area contributed by atoms with Gasteiger partial charge in [0.25, 0.3) is 5.91 Å². The fraction of sp³-hybridized carbons (Fsp3) is 0.176. The molecule has 0 fully saturated rings. The van der Waals surface area contributed by atoms with Gasteiger partial charge in [-0.25, -0.2) is 4.79 Å². The Balaban J connectivity index is 1.49. The number of fused-ring (bicyclic) bond motifs is 1. The predicted octanol–water partition coefficient (Wildman–Crippen LogP) is 2.54. The lowest BCUT2D eigenvalue weighted by atomic mass is 10.2. The zero-order valence-corrected chi connectivity index (χ0v) is 13.3. The first kappa shape index (κ1) is 16.1. The highest BCUT2D eigenvalue weighted by Crippen LogP contribution is 2.32. The minimum atomic E-state index is -0.610. The van der Waals surface area contributed by atoms with Gasteiger partial charge in [0.05, 0.1) is 5.56 Å². The van der Waals surface area contributed by atoms with Gasteiger partial charge < -0.3 is 19.5 Å². The third-order valence-electron chi connectivity index (χ3n) is 3.38. The molecule has 0 bridgehead atoms. The number of benzene rings is 2. The average Bonchev–Trinajstić information content (AvgIpc) is 3.06. The van der Waals surface area contributed by atoms with E-state index in [1.54, 1.807) is 30.3 Å². The number of hydrogen-bond donors (Lipinski definition) is 1. The topological polar surface area (TPSA) is 73.9 Å². The van der Waals surface area contributed by atoms with Crippen LogP contribution in [0.15, 0.2) is 42.5 Å². The first-order valence-corrected chi connectivity index (χ1v) is 7.58. The van der Waals surface area contributed by atoms with E-state index in [0.717, 1.165) is 5.56 Å². The van der Waals surface area contributed by atoms with Gasteiger partial charge in [-0.05, 0) is 29.8 Å². The van der Waals surface area contributed by atoms with Crippen molar-refractivity contribution < 1.29 is 23.8 Å². The fourth-order valence-corrected chi connectivity index (χ4v) is 2.33. The summed E-state index contributed by atoms with van der Waals surface area (Å²) in [5.41, 5.74) is 1.08. The molecule has 1 amide bonds. The van der Waals surface area contributed by atoms with E-state index in [4.69, 9.17) is 25.8 Å². The summed E-state index contributed by atoms with van der Waals surface area (Å²) in [4.78, 5) is 23.7. The Kier molecular flexibility index (Phi) is 4.86. The molecule has 1 aliphatic heterocycles. The van der Waals surface area contributed by atoms with E-state index in [1.165, 1.54) is 6.07 Å². The quantitative estimate of drug-likeness (QED) is 0.841. The molecule has 2 aromatic rings. The number of ether oxygens (including phenoxy) is 3. The molecule has 0 atom stereocenters. The molecule has 124 valence electrons. The number of carbonyl (C=O) groups is 2. The molecular weight excluding hydrogens is 334 g/mol. The third kappa shape index (κ3) is 3.78. The van der Waals surface area contributed by atoms with Gasteiger partial charge in [0, 0.05) is 11.6 Å². The molecule has 0 aliphatic carbocycles. The summed E-state index contributed by atoms with van der Waals surface area (Å²) in [7, 11) is 0. The molecule has 1 heterocycles. The van der Waals surface area contributed by atoms with Crippen LogP contribution in [0.1, 0.15) is 15.9 Å². The van der Waals surface area contributed by atoms with Crippen molar-refractivity contribution in [1.82, 2.24) is 5.32 Å². The largest absolute Gasteiger partial charge is 0.454 e. The van der Waals surface area contributed by atoms with Gasteiger partial charge >= 0.3 is 5.97 Å². The number of rotatable bonds is 5. The molecule has 0 saturated carbocycles. The highest BCUT2D eigenvalue weighted by molar-refractivity contribution is 6.31. The monoisotopic (exact) mass is 347 g/mol. The maximum absolute atomic E-state index is 12.0. The summed E-state index contributed by atoms with van der Waals surface area (Å²) in [6, 6.07) is 11.9. The van der Waals surface area contributed by atoms with Crippen molar-refractivity contribution in [1.29, 1.82) is 0 Å². The highest BCUT2D eigenvalue weighted by atomic mass is 35.5. The fourth-order valence-electron chi connectivity index (χ4n) is 2.12. The molecule has 0 aromatic heterocycles. The van der Waals surface area contributed by atoms with Crippen molar-refractivity contribution in [3.05, 3.63) is 58.6 Å². The second kappa shape index (κ2) is 7.23. The van der Waals surface area contributed by atoms with Gasteiger partial charge in [0.2, 0.25) is 6.79 Å². The number of halogens is 1. The van der Waals surface area contributed by atoms with Crippen molar-refractivity contribution in [2.75, 3.05) is 13.4 Å². The zero-order chi connectivity index (χ0) is 16.9. The standard InChI is InChI=1S/C17H14ClNO5/c18-13-4-2-1-3-12(13)8-19-16(20)9-22-17(21)11-5-6-14-15(7-11)24-10-23-14/h1-7H,8-10H2,(H,19,20). The minimum absolute atomic E-state index is 0.123. The zero-order valence-electron chi connectivity index (χ0n) is 12.6. The molecule has 6 nitrogen and oxygen atoms in total. The van der Waals surface area contributed by atoms with E-state index >= 15 is 0 Å². The smallest absolute Gasteiger partial charge is 0.338 e. The van der Waals surface area contributed by atoms with E-state index in [9.17, 15) is 9.59 Å². The molecule has 7 heteroatoms. The van der Waals surface area contributed by atoms with E-state index < -0.39 is 11.9 Å². The number of amides is 1. The van der Waals surface area contributed by atoms with Crippen LogP contribution in [0.3, 0.4) is 0 Å². The Morgan fingerprint density at radius 1 is 1.12 bits per heavy atom. The van der Waals surface area contributed by atoms with E-state index in [1.807, 2.05) is 6.07 Å². The lowest BCUT2D eigenvalue weighted by Gasteiger charge is -2.08. The van der Waals surface area contributed by atoms with Crippen molar-refractivity contribution in [3.8, 4) is 11.5 Å². The summed E-state index contributed by atoms with van der Waals surface area (Å²) in [5.74, 6) is 0.0295. The second-order valence-electron chi connectivity index (χ2n) is 5.01. The Hall–Kier alpha value is -2.73. The Bertz CT molecular complexity index is 777. The van der Waals surface area contributed by atoms with E-state index in [2.05, 4.69) is 5.32 Å². The normalized spacial score (nSPS) is 11.9. The molecule has 0 saturated heterocycles. The molecule has 2 aromatic carbocycles. The van der Waals surface area contributed by atoms with Crippen LogP contribution < -0.4 is 14.8 Å². The van der Waals surface area contributed by atoms with E-state index in [-0.39, 0.29) is 25.5 Å². The van der Waals surface area contributed by atoms with Crippen LogP contribution in [0, 0.1) is 0 Å². The van der Waals surface area contributed by atoms with E-state index in [0.29, 0.717) is 16.5 Å². The van der Waals surface area contributed by atoms with Crippen LogP contribution in [-0.2, 0) is 16.1 Å². The summed E-state index contributed by atoms with van der Waals surface area (Å²) in [6.45, 7) is 0.0100.